The van der Waals surface area contributed by atoms with Gasteiger partial charge in [0.25, 0.3) is 5.91 Å². The number of aromatic nitrogens is 1. The van der Waals surface area contributed by atoms with E-state index in [-0.39, 0.29) is 5.91 Å². The van der Waals surface area contributed by atoms with E-state index in [1.807, 2.05) is 29.2 Å². The number of fused-ring (bicyclic) bond motifs is 1. The molecule has 3 aromatic rings. The average molecular weight is 404 g/mol. The summed E-state index contributed by atoms with van der Waals surface area (Å²) in [4.78, 5) is 14.8. The predicted octanol–water partition coefficient (Wildman–Crippen LogP) is 4.21. The normalized spacial score (nSPS) is 16.5. The van der Waals surface area contributed by atoms with E-state index in [4.69, 9.17) is 14.0 Å². The molecule has 6 nitrogen and oxygen atoms in total. The second kappa shape index (κ2) is 8.22. The fraction of sp³-hybridized carbons (Fsp3) is 0.333. The first-order chi connectivity index (χ1) is 14.8. The molecule has 1 saturated heterocycles. The van der Waals surface area contributed by atoms with Crippen molar-refractivity contribution in [1.29, 1.82) is 0 Å². The highest BCUT2D eigenvalue weighted by molar-refractivity contribution is 5.93. The van der Waals surface area contributed by atoms with E-state index in [1.165, 1.54) is 5.56 Å². The van der Waals surface area contributed by atoms with Crippen LogP contribution in [0.5, 0.6) is 11.5 Å². The molecule has 1 fully saturated rings. The van der Waals surface area contributed by atoms with E-state index in [1.54, 1.807) is 6.07 Å². The van der Waals surface area contributed by atoms with Crippen LogP contribution in [0.2, 0.25) is 0 Å². The Labute approximate surface area is 175 Å². The van der Waals surface area contributed by atoms with E-state index in [0.29, 0.717) is 36.3 Å². The number of nitrogens with zero attached hydrogens (tertiary/aromatic N) is 2. The summed E-state index contributed by atoms with van der Waals surface area (Å²) in [5, 5.41) is 4.03. The summed E-state index contributed by atoms with van der Waals surface area (Å²) in [5.41, 5.74) is 2.52. The minimum Gasteiger partial charge on any atom is -0.486 e. The number of carbonyl (C=O) groups excluding carboxylic acids is 1. The van der Waals surface area contributed by atoms with Crippen LogP contribution in [0, 0.1) is 5.92 Å². The summed E-state index contributed by atoms with van der Waals surface area (Å²) in [6, 6.07) is 17.9. The van der Waals surface area contributed by atoms with Crippen molar-refractivity contribution in [3.63, 3.8) is 0 Å². The van der Waals surface area contributed by atoms with Gasteiger partial charge in [-0.1, -0.05) is 35.5 Å². The van der Waals surface area contributed by atoms with Gasteiger partial charge in [-0.15, -0.1) is 0 Å². The van der Waals surface area contributed by atoms with Gasteiger partial charge in [-0.05, 0) is 48.9 Å². The molecule has 0 bridgehead atoms. The smallest absolute Gasteiger partial charge is 0.276 e. The minimum absolute atomic E-state index is 0.0688. The Kier molecular flexibility index (Phi) is 5.13. The number of ether oxygens (including phenoxy) is 2. The number of amides is 1. The lowest BCUT2D eigenvalue weighted by Gasteiger charge is -2.31. The van der Waals surface area contributed by atoms with Crippen LogP contribution in [0.15, 0.2) is 59.1 Å². The zero-order valence-electron chi connectivity index (χ0n) is 16.8. The minimum atomic E-state index is -0.0688. The van der Waals surface area contributed by atoms with Crippen LogP contribution in [0.1, 0.15) is 28.9 Å². The van der Waals surface area contributed by atoms with Crippen molar-refractivity contribution in [3.8, 4) is 22.8 Å². The van der Waals surface area contributed by atoms with E-state index >= 15 is 0 Å². The molecule has 3 heterocycles. The second-order valence-electron chi connectivity index (χ2n) is 7.86. The van der Waals surface area contributed by atoms with E-state index in [2.05, 4.69) is 29.4 Å². The second-order valence-corrected chi connectivity index (χ2v) is 7.86. The molecular formula is C24H24N2O4. The highest BCUT2D eigenvalue weighted by atomic mass is 16.6. The fourth-order valence-electron chi connectivity index (χ4n) is 4.16. The molecule has 0 atom stereocenters. The van der Waals surface area contributed by atoms with Crippen molar-refractivity contribution in [1.82, 2.24) is 10.1 Å². The third-order valence-electron chi connectivity index (χ3n) is 5.82. The van der Waals surface area contributed by atoms with Gasteiger partial charge in [-0.2, -0.15) is 0 Å². The van der Waals surface area contributed by atoms with Gasteiger partial charge in [0.2, 0.25) is 0 Å². The summed E-state index contributed by atoms with van der Waals surface area (Å²) >= 11 is 0. The number of benzene rings is 2. The molecule has 0 aliphatic carbocycles. The highest BCUT2D eigenvalue weighted by Gasteiger charge is 2.26. The molecule has 0 saturated carbocycles. The van der Waals surface area contributed by atoms with E-state index in [9.17, 15) is 4.79 Å². The maximum absolute atomic E-state index is 12.9. The Morgan fingerprint density at radius 2 is 1.73 bits per heavy atom. The summed E-state index contributed by atoms with van der Waals surface area (Å²) in [7, 11) is 0. The highest BCUT2D eigenvalue weighted by Crippen LogP contribution is 2.35. The molecule has 0 unspecified atom stereocenters. The lowest BCUT2D eigenvalue weighted by Crippen LogP contribution is -2.39. The van der Waals surface area contributed by atoms with Gasteiger partial charge in [0.1, 0.15) is 13.2 Å². The van der Waals surface area contributed by atoms with Gasteiger partial charge in [0, 0.05) is 24.7 Å². The van der Waals surface area contributed by atoms with Gasteiger partial charge in [0.15, 0.2) is 23.0 Å². The number of carbonyl (C=O) groups is 1. The molecule has 5 rings (SSSR count). The van der Waals surface area contributed by atoms with Gasteiger partial charge < -0.3 is 18.9 Å². The molecule has 30 heavy (non-hydrogen) atoms. The van der Waals surface area contributed by atoms with Crippen molar-refractivity contribution in [2.45, 2.75) is 19.3 Å². The molecule has 154 valence electrons. The Morgan fingerprint density at radius 1 is 0.967 bits per heavy atom. The molecular weight excluding hydrogens is 380 g/mol. The lowest BCUT2D eigenvalue weighted by atomic mass is 9.90. The third kappa shape index (κ3) is 3.90. The fourth-order valence-corrected chi connectivity index (χ4v) is 4.16. The maximum atomic E-state index is 12.9. The predicted molar refractivity (Wildman–Crippen MR) is 112 cm³/mol. The van der Waals surface area contributed by atoms with Crippen molar-refractivity contribution >= 4 is 5.91 Å². The molecule has 0 radical (unpaired) electrons. The summed E-state index contributed by atoms with van der Waals surface area (Å²) in [6.45, 7) is 2.58. The van der Waals surface area contributed by atoms with Crippen LogP contribution in [-0.2, 0) is 6.42 Å². The SMILES string of the molecule is O=C(c1cc(-c2ccc3c(c2)OCCO3)on1)N1CCC(Cc2ccccc2)CC1. The molecule has 6 heteroatoms. The standard InChI is InChI=1S/C24H24N2O4/c27-24(26-10-8-18(9-11-26)14-17-4-2-1-3-5-17)20-16-22(30-25-20)19-6-7-21-23(15-19)29-13-12-28-21/h1-7,15-16,18H,8-14H2. The molecule has 0 spiro atoms. The van der Waals surface area contributed by atoms with Gasteiger partial charge in [-0.3, -0.25) is 4.79 Å². The van der Waals surface area contributed by atoms with E-state index < -0.39 is 0 Å². The van der Waals surface area contributed by atoms with Gasteiger partial charge in [-0.25, -0.2) is 0 Å². The largest absolute Gasteiger partial charge is 0.486 e. The summed E-state index contributed by atoms with van der Waals surface area (Å²) in [5.74, 6) is 2.50. The molecule has 2 aliphatic rings. The third-order valence-corrected chi connectivity index (χ3v) is 5.82. The Bertz CT molecular complexity index is 1020. The zero-order chi connectivity index (χ0) is 20.3. The van der Waals surface area contributed by atoms with Crippen LogP contribution < -0.4 is 9.47 Å². The molecule has 1 amide bonds. The molecule has 1 aromatic heterocycles. The van der Waals surface area contributed by atoms with Crippen LogP contribution >= 0.6 is 0 Å². The summed E-state index contributed by atoms with van der Waals surface area (Å²) < 4.78 is 16.6. The summed E-state index contributed by atoms with van der Waals surface area (Å²) in [6.07, 6.45) is 3.09. The molecule has 2 aromatic carbocycles. The van der Waals surface area contributed by atoms with Crippen LogP contribution in [0.4, 0.5) is 0 Å². The average Bonchev–Trinajstić information content (AvgIpc) is 3.30. The number of piperidine rings is 1. The number of likely N-dealkylation sites (tertiary alicyclic amines) is 1. The topological polar surface area (TPSA) is 64.8 Å². The number of rotatable bonds is 4. The van der Waals surface area contributed by atoms with Gasteiger partial charge in [0.05, 0.1) is 0 Å². The van der Waals surface area contributed by atoms with Crippen LogP contribution in [0.25, 0.3) is 11.3 Å². The van der Waals surface area contributed by atoms with E-state index in [0.717, 1.165) is 43.7 Å². The van der Waals surface area contributed by atoms with Gasteiger partial charge >= 0.3 is 0 Å². The van der Waals surface area contributed by atoms with Crippen molar-refractivity contribution in [3.05, 3.63) is 65.9 Å². The first-order valence-electron chi connectivity index (χ1n) is 10.5. The first kappa shape index (κ1) is 18.7. The van der Waals surface area contributed by atoms with Crippen molar-refractivity contribution < 1.29 is 18.8 Å². The zero-order valence-corrected chi connectivity index (χ0v) is 16.8. The molecule has 2 aliphatic heterocycles. The Hall–Kier alpha value is -3.28. The lowest BCUT2D eigenvalue weighted by molar-refractivity contribution is 0.0680. The monoisotopic (exact) mass is 404 g/mol. The number of hydrogen-bond acceptors (Lipinski definition) is 5. The van der Waals surface area contributed by atoms with Crippen molar-refractivity contribution in [2.75, 3.05) is 26.3 Å². The molecule has 0 N–H and O–H groups in total. The number of hydrogen-bond donors (Lipinski definition) is 0. The Balaban J connectivity index is 1.22. The van der Waals surface area contributed by atoms with Crippen molar-refractivity contribution in [2.24, 2.45) is 5.92 Å². The van der Waals surface area contributed by atoms with Crippen LogP contribution in [-0.4, -0.2) is 42.3 Å². The van der Waals surface area contributed by atoms with Crippen LogP contribution in [0.3, 0.4) is 0 Å². The first-order valence-corrected chi connectivity index (χ1v) is 10.5. The quantitative estimate of drug-likeness (QED) is 0.652. The Morgan fingerprint density at radius 3 is 2.53 bits per heavy atom. The maximum Gasteiger partial charge on any atom is 0.276 e.